The van der Waals surface area contributed by atoms with Crippen LogP contribution in [0.25, 0.3) is 0 Å². The van der Waals surface area contributed by atoms with Crippen molar-refractivity contribution in [1.29, 1.82) is 0 Å². The molecule has 6 nitrogen and oxygen atoms in total. The number of pyridine rings is 1. The Hall–Kier alpha value is -3.14. The minimum atomic E-state index is -4.41. The molecule has 1 aliphatic heterocycles. The van der Waals surface area contributed by atoms with Crippen molar-refractivity contribution >= 4 is 23.1 Å². The first kappa shape index (κ1) is 23.0. The van der Waals surface area contributed by atoms with Crippen molar-refractivity contribution in [2.24, 2.45) is 0 Å². The second-order valence-electron chi connectivity index (χ2n) is 7.81. The third-order valence-electron chi connectivity index (χ3n) is 5.38. The number of benzene rings is 1. The zero-order chi connectivity index (χ0) is 23.6. The molecule has 0 radical (unpaired) electrons. The van der Waals surface area contributed by atoms with E-state index in [2.05, 4.69) is 9.97 Å². The van der Waals surface area contributed by atoms with Crippen LogP contribution in [0.1, 0.15) is 31.5 Å². The van der Waals surface area contributed by atoms with Crippen LogP contribution in [0.5, 0.6) is 5.75 Å². The topological polar surface area (TPSA) is 58.6 Å². The molecule has 1 aromatic carbocycles. The predicted molar refractivity (Wildman–Crippen MR) is 120 cm³/mol. The van der Waals surface area contributed by atoms with Crippen molar-refractivity contribution in [3.05, 3.63) is 69.3 Å². The molecule has 4 rings (SSSR count). The smallest absolute Gasteiger partial charge is 0.417 e. The molecule has 0 N–H and O–H groups in total. The summed E-state index contributed by atoms with van der Waals surface area (Å²) in [6.07, 6.45) is -3.57. The van der Waals surface area contributed by atoms with Gasteiger partial charge < -0.3 is 14.5 Å². The largest absolute Gasteiger partial charge is 0.486 e. The fourth-order valence-corrected chi connectivity index (χ4v) is 4.46. The first-order valence-corrected chi connectivity index (χ1v) is 11.3. The fourth-order valence-electron chi connectivity index (χ4n) is 3.52. The summed E-state index contributed by atoms with van der Waals surface area (Å²) in [5.74, 6) is 1.13. The van der Waals surface area contributed by atoms with Crippen molar-refractivity contribution in [2.75, 3.05) is 31.1 Å². The fraction of sp³-hybridized carbons (Fsp3) is 0.348. The molecule has 0 bridgehead atoms. The third kappa shape index (κ3) is 5.44. The van der Waals surface area contributed by atoms with Gasteiger partial charge in [-0.05, 0) is 38.1 Å². The number of hydrogen-bond acceptors (Lipinski definition) is 6. The Kier molecular flexibility index (Phi) is 6.55. The van der Waals surface area contributed by atoms with Crippen molar-refractivity contribution in [3.63, 3.8) is 0 Å². The van der Waals surface area contributed by atoms with Gasteiger partial charge in [0.25, 0.3) is 5.91 Å². The SMILES string of the molecule is Cc1ccc(OCc2nc(C)c(C(=O)N3CCN(c4ccc(C(F)(F)F)cn4)CC3)s2)cc1. The number of anilines is 1. The van der Waals surface area contributed by atoms with E-state index in [4.69, 9.17) is 4.74 Å². The standard InChI is InChI=1S/C23H23F3N4O2S/c1-15-3-6-18(7-4-15)32-14-20-28-16(2)21(33-20)22(31)30-11-9-29(10-12-30)19-8-5-17(13-27-19)23(24,25)26/h3-8,13H,9-12,14H2,1-2H3. The number of carbonyl (C=O) groups is 1. The Morgan fingerprint density at radius 1 is 1.06 bits per heavy atom. The van der Waals surface area contributed by atoms with E-state index in [1.54, 1.807) is 4.90 Å². The Morgan fingerprint density at radius 3 is 2.36 bits per heavy atom. The van der Waals surface area contributed by atoms with Gasteiger partial charge in [0.15, 0.2) is 0 Å². The van der Waals surface area contributed by atoms with Gasteiger partial charge in [-0.1, -0.05) is 17.7 Å². The number of halogens is 3. The number of alkyl halides is 3. The molecule has 0 saturated carbocycles. The van der Waals surface area contributed by atoms with Crippen molar-refractivity contribution in [2.45, 2.75) is 26.6 Å². The van der Waals surface area contributed by atoms with Crippen molar-refractivity contribution < 1.29 is 22.7 Å². The first-order valence-electron chi connectivity index (χ1n) is 10.4. The molecule has 3 heterocycles. The van der Waals surface area contributed by atoms with Crippen molar-refractivity contribution in [3.8, 4) is 5.75 Å². The molecule has 0 atom stereocenters. The van der Waals surface area contributed by atoms with Gasteiger partial charge in [-0.25, -0.2) is 9.97 Å². The van der Waals surface area contributed by atoms with Gasteiger partial charge in [0, 0.05) is 32.4 Å². The van der Waals surface area contributed by atoms with Crippen LogP contribution in [0.4, 0.5) is 19.0 Å². The first-order chi connectivity index (χ1) is 15.7. The minimum Gasteiger partial charge on any atom is -0.486 e. The van der Waals surface area contributed by atoms with E-state index in [0.717, 1.165) is 28.6 Å². The molecule has 0 unspecified atom stereocenters. The van der Waals surface area contributed by atoms with Gasteiger partial charge in [0.2, 0.25) is 0 Å². The molecule has 1 saturated heterocycles. The summed E-state index contributed by atoms with van der Waals surface area (Å²) in [5.41, 5.74) is 1.04. The van der Waals surface area contributed by atoms with Crippen LogP contribution in [0.2, 0.25) is 0 Å². The molecule has 1 amide bonds. The minimum absolute atomic E-state index is 0.0911. The Bertz CT molecular complexity index is 1110. The zero-order valence-electron chi connectivity index (χ0n) is 18.2. The lowest BCUT2D eigenvalue weighted by Crippen LogP contribution is -2.49. The molecule has 10 heteroatoms. The molecular weight excluding hydrogens is 453 g/mol. The molecule has 0 aliphatic carbocycles. The van der Waals surface area contributed by atoms with Crippen LogP contribution in [0.15, 0.2) is 42.6 Å². The number of piperazine rings is 1. The summed E-state index contributed by atoms with van der Waals surface area (Å²) in [5, 5.41) is 0.726. The number of carbonyl (C=O) groups excluding carboxylic acids is 1. The number of nitrogens with zero attached hydrogens (tertiary/aromatic N) is 4. The lowest BCUT2D eigenvalue weighted by molar-refractivity contribution is -0.137. The van der Waals surface area contributed by atoms with Gasteiger partial charge in [0.1, 0.15) is 28.1 Å². The van der Waals surface area contributed by atoms with Crippen molar-refractivity contribution in [1.82, 2.24) is 14.9 Å². The second-order valence-corrected chi connectivity index (χ2v) is 8.89. The van der Waals surface area contributed by atoms with Crippen LogP contribution >= 0.6 is 11.3 Å². The molecule has 33 heavy (non-hydrogen) atoms. The highest BCUT2D eigenvalue weighted by molar-refractivity contribution is 7.13. The summed E-state index contributed by atoms with van der Waals surface area (Å²) in [4.78, 5) is 25.7. The number of ether oxygens (including phenoxy) is 1. The summed E-state index contributed by atoms with van der Waals surface area (Å²) < 4.78 is 44.0. The summed E-state index contributed by atoms with van der Waals surface area (Å²) in [7, 11) is 0. The molecule has 3 aromatic rings. The van der Waals surface area contributed by atoms with E-state index in [9.17, 15) is 18.0 Å². The lowest BCUT2D eigenvalue weighted by Gasteiger charge is -2.35. The van der Waals surface area contributed by atoms with Gasteiger partial charge in [-0.3, -0.25) is 4.79 Å². The number of aromatic nitrogens is 2. The average Bonchev–Trinajstić information content (AvgIpc) is 3.18. The summed E-state index contributed by atoms with van der Waals surface area (Å²) in [6.45, 7) is 5.99. The second kappa shape index (κ2) is 9.38. The monoisotopic (exact) mass is 476 g/mol. The van der Waals surface area contributed by atoms with Crippen LogP contribution in [-0.2, 0) is 12.8 Å². The van der Waals surface area contributed by atoms with Gasteiger partial charge >= 0.3 is 6.18 Å². The summed E-state index contributed by atoms with van der Waals surface area (Å²) >= 11 is 1.32. The van der Waals surface area contributed by atoms with E-state index in [1.807, 2.05) is 43.0 Å². The van der Waals surface area contributed by atoms with Gasteiger partial charge in [0.05, 0.1) is 11.3 Å². The highest BCUT2D eigenvalue weighted by atomic mass is 32.1. The highest BCUT2D eigenvalue weighted by Crippen LogP contribution is 2.29. The molecular formula is C23H23F3N4O2S. The van der Waals surface area contributed by atoms with E-state index >= 15 is 0 Å². The maximum Gasteiger partial charge on any atom is 0.417 e. The normalized spacial score (nSPS) is 14.5. The third-order valence-corrected chi connectivity index (χ3v) is 6.50. The Labute approximate surface area is 193 Å². The number of hydrogen-bond donors (Lipinski definition) is 0. The van der Waals surface area contributed by atoms with Crippen LogP contribution in [0, 0.1) is 13.8 Å². The number of amides is 1. The Balaban J connectivity index is 1.34. The lowest BCUT2D eigenvalue weighted by atomic mass is 10.2. The van der Waals surface area contributed by atoms with Gasteiger partial charge in [-0.15, -0.1) is 11.3 Å². The van der Waals surface area contributed by atoms with Gasteiger partial charge in [-0.2, -0.15) is 13.2 Å². The molecule has 174 valence electrons. The van der Waals surface area contributed by atoms with Crippen LogP contribution in [0.3, 0.4) is 0 Å². The average molecular weight is 477 g/mol. The number of rotatable bonds is 5. The van der Waals surface area contributed by atoms with E-state index in [-0.39, 0.29) is 12.5 Å². The molecule has 1 fully saturated rings. The van der Waals surface area contributed by atoms with Crippen LogP contribution < -0.4 is 9.64 Å². The maximum atomic E-state index is 13.0. The molecule has 2 aromatic heterocycles. The van der Waals surface area contributed by atoms with E-state index < -0.39 is 11.7 Å². The molecule has 0 spiro atoms. The zero-order valence-corrected chi connectivity index (χ0v) is 19.0. The quantitative estimate of drug-likeness (QED) is 0.534. The maximum absolute atomic E-state index is 13.0. The van der Waals surface area contributed by atoms with Crippen LogP contribution in [-0.4, -0.2) is 47.0 Å². The van der Waals surface area contributed by atoms with E-state index in [1.165, 1.54) is 17.4 Å². The molecule has 1 aliphatic rings. The number of aryl methyl sites for hydroxylation is 2. The highest BCUT2D eigenvalue weighted by Gasteiger charge is 2.31. The predicted octanol–water partition coefficient (Wildman–Crippen LogP) is 4.72. The van der Waals surface area contributed by atoms with E-state index in [0.29, 0.717) is 42.6 Å². The number of thiazole rings is 1. The summed E-state index contributed by atoms with van der Waals surface area (Å²) in [6, 6.07) is 10.1. The Morgan fingerprint density at radius 2 is 1.76 bits per heavy atom.